The highest BCUT2D eigenvalue weighted by Gasteiger charge is 2.29. The number of carbonyl (C=O) groups is 4. The molecule has 1 aromatic carbocycles. The number of carboxylic acid groups (broad SMARTS) is 3. The summed E-state index contributed by atoms with van der Waals surface area (Å²) < 4.78 is 5.24. The number of carbonyl (C=O) groups excluding carboxylic acids is 1. The Labute approximate surface area is 143 Å². The smallest absolute Gasteiger partial charge is 0.339 e. The third kappa shape index (κ3) is 4.90. The Morgan fingerprint density at radius 3 is 1.56 bits per heavy atom. The van der Waals surface area contributed by atoms with Crippen LogP contribution in [0, 0.1) is 0 Å². The van der Waals surface area contributed by atoms with Gasteiger partial charge in [0.25, 0.3) is 0 Å². The first kappa shape index (κ1) is 19.9. The van der Waals surface area contributed by atoms with Crippen molar-refractivity contribution in [1.29, 1.82) is 0 Å². The van der Waals surface area contributed by atoms with Crippen LogP contribution in [0.1, 0.15) is 69.1 Å². The molecule has 0 aliphatic heterocycles. The minimum absolute atomic E-state index is 0.537. The van der Waals surface area contributed by atoms with Crippen molar-refractivity contribution in [2.24, 2.45) is 0 Å². The van der Waals surface area contributed by atoms with Gasteiger partial charge in [0, 0.05) is 0 Å². The molecule has 0 unspecified atom stereocenters. The molecule has 8 nitrogen and oxygen atoms in total. The Morgan fingerprint density at radius 2 is 1.20 bits per heavy atom. The SMILES string of the molecule is CC(C)=CC(C)(C)OC(=O)c1cc(C(=O)O)c(C(=O)O)cc1C(=O)O. The van der Waals surface area contributed by atoms with Crippen molar-refractivity contribution in [1.82, 2.24) is 0 Å². The van der Waals surface area contributed by atoms with Crippen LogP contribution in [0.5, 0.6) is 0 Å². The van der Waals surface area contributed by atoms with E-state index >= 15 is 0 Å². The number of allylic oxidation sites excluding steroid dienone is 1. The number of ether oxygens (including phenoxy) is 1. The van der Waals surface area contributed by atoms with Crippen LogP contribution in [0.4, 0.5) is 0 Å². The van der Waals surface area contributed by atoms with Crippen molar-refractivity contribution in [3.8, 4) is 0 Å². The number of rotatable bonds is 6. The Bertz CT molecular complexity index is 782. The van der Waals surface area contributed by atoms with Gasteiger partial charge < -0.3 is 20.1 Å². The van der Waals surface area contributed by atoms with Crippen LogP contribution < -0.4 is 0 Å². The summed E-state index contributed by atoms with van der Waals surface area (Å²) in [7, 11) is 0. The fourth-order valence-corrected chi connectivity index (χ4v) is 2.32. The Morgan fingerprint density at radius 1 is 0.840 bits per heavy atom. The first-order valence-corrected chi connectivity index (χ1v) is 7.13. The molecule has 0 radical (unpaired) electrons. The summed E-state index contributed by atoms with van der Waals surface area (Å²) in [5.41, 5.74) is -2.84. The molecule has 0 aliphatic carbocycles. The molecular formula is C17H18O8. The van der Waals surface area contributed by atoms with E-state index in [-0.39, 0.29) is 0 Å². The number of hydrogen-bond donors (Lipinski definition) is 3. The van der Waals surface area contributed by atoms with Gasteiger partial charge in [0.1, 0.15) is 5.60 Å². The molecule has 0 aliphatic rings. The maximum absolute atomic E-state index is 12.4. The van der Waals surface area contributed by atoms with Crippen molar-refractivity contribution in [2.45, 2.75) is 33.3 Å². The van der Waals surface area contributed by atoms with E-state index in [1.54, 1.807) is 33.8 Å². The molecule has 0 atom stereocenters. The predicted molar refractivity (Wildman–Crippen MR) is 86.2 cm³/mol. The topological polar surface area (TPSA) is 138 Å². The zero-order valence-electron chi connectivity index (χ0n) is 14.1. The number of aromatic carboxylic acids is 3. The molecule has 3 N–H and O–H groups in total. The van der Waals surface area contributed by atoms with Crippen molar-refractivity contribution >= 4 is 23.9 Å². The van der Waals surface area contributed by atoms with Crippen LogP contribution >= 0.6 is 0 Å². The van der Waals surface area contributed by atoms with Gasteiger partial charge in [-0.2, -0.15) is 0 Å². The van der Waals surface area contributed by atoms with Gasteiger partial charge in [0.2, 0.25) is 0 Å². The molecule has 0 saturated carbocycles. The highest BCUT2D eigenvalue weighted by Crippen LogP contribution is 2.22. The molecule has 0 aromatic heterocycles. The van der Waals surface area contributed by atoms with Crippen molar-refractivity contribution in [2.75, 3.05) is 0 Å². The summed E-state index contributed by atoms with van der Waals surface area (Å²) in [6.07, 6.45) is 1.63. The van der Waals surface area contributed by atoms with E-state index in [2.05, 4.69) is 0 Å². The lowest BCUT2D eigenvalue weighted by Crippen LogP contribution is -2.27. The van der Waals surface area contributed by atoms with E-state index in [1.165, 1.54) is 0 Å². The second-order valence-electron chi connectivity index (χ2n) is 6.07. The lowest BCUT2D eigenvalue weighted by Gasteiger charge is -2.22. The normalized spacial score (nSPS) is 10.7. The Hall–Kier alpha value is -3.16. The lowest BCUT2D eigenvalue weighted by molar-refractivity contribution is 0.0166. The third-order valence-electron chi connectivity index (χ3n) is 3.06. The average molecular weight is 350 g/mol. The zero-order valence-corrected chi connectivity index (χ0v) is 14.1. The largest absolute Gasteiger partial charge is 0.478 e. The molecule has 25 heavy (non-hydrogen) atoms. The van der Waals surface area contributed by atoms with Crippen LogP contribution in [0.25, 0.3) is 0 Å². The summed E-state index contributed by atoms with van der Waals surface area (Å²) in [6, 6.07) is 1.34. The number of carboxylic acids is 3. The van der Waals surface area contributed by atoms with Crippen molar-refractivity contribution in [3.63, 3.8) is 0 Å². The highest BCUT2D eigenvalue weighted by molar-refractivity contribution is 6.09. The van der Waals surface area contributed by atoms with E-state index in [4.69, 9.17) is 14.9 Å². The molecular weight excluding hydrogens is 332 g/mol. The standard InChI is InChI=1S/C17H18O8/c1-8(2)7-17(3,4)25-16(24)12-6-10(14(20)21)9(13(18)19)5-11(12)15(22)23/h5-7H,1-4H3,(H,18,19)(H,20,21)(H,22,23). The van der Waals surface area contributed by atoms with E-state index in [0.717, 1.165) is 5.57 Å². The molecule has 0 fully saturated rings. The van der Waals surface area contributed by atoms with Gasteiger partial charge in [-0.3, -0.25) is 0 Å². The van der Waals surface area contributed by atoms with Gasteiger partial charge in [-0.1, -0.05) is 5.57 Å². The first-order valence-electron chi connectivity index (χ1n) is 7.13. The van der Waals surface area contributed by atoms with Gasteiger partial charge in [-0.05, 0) is 45.9 Å². The fourth-order valence-electron chi connectivity index (χ4n) is 2.32. The predicted octanol–water partition coefficient (Wildman–Crippen LogP) is 2.68. The molecule has 8 heteroatoms. The summed E-state index contributed by atoms with van der Waals surface area (Å²) in [4.78, 5) is 46.1. The zero-order chi connectivity index (χ0) is 19.5. The van der Waals surface area contributed by atoms with Crippen LogP contribution in [0.2, 0.25) is 0 Å². The van der Waals surface area contributed by atoms with E-state index in [0.29, 0.717) is 12.1 Å². The van der Waals surface area contributed by atoms with Crippen LogP contribution in [-0.2, 0) is 4.74 Å². The van der Waals surface area contributed by atoms with Gasteiger partial charge >= 0.3 is 23.9 Å². The first-order chi connectivity index (χ1) is 11.4. The van der Waals surface area contributed by atoms with Gasteiger partial charge in [0.05, 0.1) is 22.3 Å². The van der Waals surface area contributed by atoms with E-state index < -0.39 is 51.7 Å². The second-order valence-corrected chi connectivity index (χ2v) is 6.07. The maximum atomic E-state index is 12.4. The minimum Gasteiger partial charge on any atom is -0.478 e. The summed E-state index contributed by atoms with van der Waals surface area (Å²) in [6.45, 7) is 6.70. The molecule has 134 valence electrons. The average Bonchev–Trinajstić information content (AvgIpc) is 2.43. The molecule has 0 bridgehead atoms. The number of benzene rings is 1. The minimum atomic E-state index is -1.62. The quantitative estimate of drug-likeness (QED) is 0.526. The lowest BCUT2D eigenvalue weighted by atomic mass is 9.97. The van der Waals surface area contributed by atoms with Gasteiger partial charge in [-0.25, -0.2) is 19.2 Å². The molecule has 1 aromatic rings. The Balaban J connectivity index is 3.52. The van der Waals surface area contributed by atoms with Crippen LogP contribution in [-0.4, -0.2) is 44.8 Å². The summed E-state index contributed by atoms with van der Waals surface area (Å²) in [5.74, 6) is -5.87. The fraction of sp³-hybridized carbons (Fsp3) is 0.294. The Kier molecular flexibility index (Phi) is 5.70. The third-order valence-corrected chi connectivity index (χ3v) is 3.06. The molecule has 0 amide bonds. The molecule has 1 rings (SSSR count). The van der Waals surface area contributed by atoms with Crippen LogP contribution in [0.15, 0.2) is 23.8 Å². The number of hydrogen-bond acceptors (Lipinski definition) is 5. The summed E-state index contributed by atoms with van der Waals surface area (Å²) in [5, 5.41) is 27.4. The highest BCUT2D eigenvalue weighted by atomic mass is 16.6. The van der Waals surface area contributed by atoms with Gasteiger partial charge in [0.15, 0.2) is 0 Å². The number of esters is 1. The monoisotopic (exact) mass is 350 g/mol. The van der Waals surface area contributed by atoms with E-state index in [1.807, 2.05) is 0 Å². The van der Waals surface area contributed by atoms with Gasteiger partial charge in [-0.15, -0.1) is 0 Å². The maximum Gasteiger partial charge on any atom is 0.339 e. The molecule has 0 saturated heterocycles. The van der Waals surface area contributed by atoms with Crippen molar-refractivity contribution < 1.29 is 39.2 Å². The summed E-state index contributed by atoms with van der Waals surface area (Å²) >= 11 is 0. The molecule has 0 heterocycles. The molecule has 0 spiro atoms. The van der Waals surface area contributed by atoms with Crippen molar-refractivity contribution in [3.05, 3.63) is 46.0 Å². The van der Waals surface area contributed by atoms with E-state index in [9.17, 15) is 24.3 Å². The second kappa shape index (κ2) is 7.16. The van der Waals surface area contributed by atoms with Crippen LogP contribution in [0.3, 0.4) is 0 Å².